The number of sulfonamides is 1. The Morgan fingerprint density at radius 1 is 1.23 bits per heavy atom. The van der Waals surface area contributed by atoms with Gasteiger partial charge >= 0.3 is 0 Å². The summed E-state index contributed by atoms with van der Waals surface area (Å²) >= 11 is 0. The van der Waals surface area contributed by atoms with Crippen LogP contribution in [0, 0.1) is 5.92 Å². The van der Waals surface area contributed by atoms with E-state index in [4.69, 9.17) is 5.73 Å². The molecule has 1 aliphatic rings. The summed E-state index contributed by atoms with van der Waals surface area (Å²) in [5.41, 5.74) is 5.67. The molecule has 2 heterocycles. The van der Waals surface area contributed by atoms with Crippen molar-refractivity contribution in [3.8, 4) is 0 Å². The van der Waals surface area contributed by atoms with Gasteiger partial charge in [-0.25, -0.2) is 8.42 Å². The first-order valence-electron chi connectivity index (χ1n) is 7.16. The second-order valence-corrected chi connectivity index (χ2v) is 7.34. The quantitative estimate of drug-likeness (QED) is 0.926. The highest BCUT2D eigenvalue weighted by atomic mass is 35.5. The van der Waals surface area contributed by atoms with Crippen LogP contribution < -0.4 is 5.73 Å². The highest BCUT2D eigenvalue weighted by Crippen LogP contribution is 2.28. The number of nitrogens with zero attached hydrogens (tertiary/aromatic N) is 2. The van der Waals surface area contributed by atoms with Gasteiger partial charge in [-0.2, -0.15) is 4.31 Å². The number of nitrogens with two attached hydrogens (primary N) is 1. The number of aromatic nitrogens is 1. The first-order chi connectivity index (χ1) is 10.1. The zero-order valence-electron chi connectivity index (χ0n) is 12.2. The molecule has 0 spiro atoms. The average Bonchev–Trinajstić information content (AvgIpc) is 2.54. The molecule has 1 aliphatic heterocycles. The minimum absolute atomic E-state index is 0. The van der Waals surface area contributed by atoms with Crippen LogP contribution in [-0.4, -0.2) is 37.3 Å². The molecule has 0 atom stereocenters. The fourth-order valence-electron chi connectivity index (χ4n) is 2.84. The molecule has 120 valence electrons. The van der Waals surface area contributed by atoms with Crippen LogP contribution in [0.5, 0.6) is 0 Å². The van der Waals surface area contributed by atoms with E-state index in [2.05, 4.69) is 4.98 Å². The third-order valence-electron chi connectivity index (χ3n) is 4.17. The lowest BCUT2D eigenvalue weighted by Crippen LogP contribution is -2.40. The first kappa shape index (κ1) is 17.1. The highest BCUT2D eigenvalue weighted by Gasteiger charge is 2.29. The van der Waals surface area contributed by atoms with Gasteiger partial charge in [-0.15, -0.1) is 12.4 Å². The zero-order chi connectivity index (χ0) is 14.9. The summed E-state index contributed by atoms with van der Waals surface area (Å²) in [6.07, 6.45) is 4.99. The van der Waals surface area contributed by atoms with Crippen LogP contribution in [0.1, 0.15) is 12.8 Å². The number of hydrogen-bond acceptors (Lipinski definition) is 4. The summed E-state index contributed by atoms with van der Waals surface area (Å²) in [6.45, 7) is 1.73. The van der Waals surface area contributed by atoms with Crippen LogP contribution in [0.25, 0.3) is 10.8 Å². The molecule has 0 saturated carbocycles. The van der Waals surface area contributed by atoms with Gasteiger partial charge < -0.3 is 5.73 Å². The van der Waals surface area contributed by atoms with Crippen molar-refractivity contribution in [3.63, 3.8) is 0 Å². The van der Waals surface area contributed by atoms with E-state index in [-0.39, 0.29) is 12.4 Å². The minimum atomic E-state index is -3.46. The van der Waals surface area contributed by atoms with E-state index >= 15 is 0 Å². The molecule has 7 heteroatoms. The van der Waals surface area contributed by atoms with Gasteiger partial charge in [0.05, 0.1) is 4.90 Å². The molecule has 0 unspecified atom stereocenters. The van der Waals surface area contributed by atoms with Crippen LogP contribution in [-0.2, 0) is 10.0 Å². The second-order valence-electron chi connectivity index (χ2n) is 5.44. The van der Waals surface area contributed by atoms with Crippen molar-refractivity contribution in [3.05, 3.63) is 36.7 Å². The summed E-state index contributed by atoms with van der Waals surface area (Å²) in [6, 6.07) is 7.08. The van der Waals surface area contributed by atoms with E-state index in [0.29, 0.717) is 30.4 Å². The normalized spacial score (nSPS) is 17.3. The fourth-order valence-corrected chi connectivity index (χ4v) is 4.53. The van der Waals surface area contributed by atoms with E-state index < -0.39 is 10.0 Å². The molecular weight excluding hydrogens is 322 g/mol. The lowest BCUT2D eigenvalue weighted by molar-refractivity contribution is 0.278. The van der Waals surface area contributed by atoms with Crippen molar-refractivity contribution in [1.82, 2.24) is 9.29 Å². The Kier molecular flexibility index (Phi) is 5.39. The van der Waals surface area contributed by atoms with Crippen molar-refractivity contribution in [2.75, 3.05) is 19.6 Å². The van der Waals surface area contributed by atoms with Gasteiger partial charge in [0.1, 0.15) is 0 Å². The van der Waals surface area contributed by atoms with Crippen LogP contribution >= 0.6 is 12.4 Å². The van der Waals surface area contributed by atoms with E-state index in [1.807, 2.05) is 6.07 Å². The number of pyridine rings is 1. The van der Waals surface area contributed by atoms with Gasteiger partial charge in [-0.1, -0.05) is 12.1 Å². The largest absolute Gasteiger partial charge is 0.330 e. The molecule has 1 aromatic heterocycles. The van der Waals surface area contributed by atoms with Gasteiger partial charge in [0.2, 0.25) is 10.0 Å². The molecule has 2 aromatic rings. The van der Waals surface area contributed by atoms with E-state index in [0.717, 1.165) is 23.6 Å². The third kappa shape index (κ3) is 3.10. The van der Waals surface area contributed by atoms with E-state index in [1.54, 1.807) is 34.9 Å². The predicted octanol–water partition coefficient (Wildman–Crippen LogP) is 2.02. The highest BCUT2D eigenvalue weighted by molar-refractivity contribution is 7.89. The number of fused-ring (bicyclic) bond motifs is 1. The molecule has 5 nitrogen and oxygen atoms in total. The van der Waals surface area contributed by atoms with Gasteiger partial charge in [-0.05, 0) is 37.4 Å². The third-order valence-corrected chi connectivity index (χ3v) is 6.12. The predicted molar refractivity (Wildman–Crippen MR) is 89.5 cm³/mol. The molecule has 1 fully saturated rings. The van der Waals surface area contributed by atoms with Crippen molar-refractivity contribution in [2.45, 2.75) is 17.7 Å². The lowest BCUT2D eigenvalue weighted by Gasteiger charge is -2.30. The zero-order valence-corrected chi connectivity index (χ0v) is 13.8. The maximum absolute atomic E-state index is 12.9. The molecular formula is C15H20ClN3O2S. The second kappa shape index (κ2) is 6.91. The smallest absolute Gasteiger partial charge is 0.243 e. The molecule has 0 radical (unpaired) electrons. The van der Waals surface area contributed by atoms with Gasteiger partial charge in [0.25, 0.3) is 0 Å². The van der Waals surface area contributed by atoms with Crippen molar-refractivity contribution in [1.29, 1.82) is 0 Å². The summed E-state index contributed by atoms with van der Waals surface area (Å²) in [7, 11) is -3.46. The number of benzene rings is 1. The molecule has 0 amide bonds. The van der Waals surface area contributed by atoms with Crippen LogP contribution in [0.15, 0.2) is 41.6 Å². The average molecular weight is 342 g/mol. The fraction of sp³-hybridized carbons (Fsp3) is 0.400. The van der Waals surface area contributed by atoms with Gasteiger partial charge in [0, 0.05) is 36.3 Å². The number of hydrogen-bond donors (Lipinski definition) is 1. The van der Waals surface area contributed by atoms with Crippen LogP contribution in [0.4, 0.5) is 0 Å². The Morgan fingerprint density at radius 2 is 1.95 bits per heavy atom. The lowest BCUT2D eigenvalue weighted by atomic mass is 9.99. The van der Waals surface area contributed by atoms with E-state index in [1.165, 1.54) is 0 Å². The van der Waals surface area contributed by atoms with Gasteiger partial charge in [0.15, 0.2) is 0 Å². The molecule has 3 rings (SSSR count). The standard InChI is InChI=1S/C15H19N3O2S.ClH/c16-10-12-5-8-18(9-6-12)21(19,20)15-3-1-2-13-11-17-7-4-14(13)15;/h1-4,7,11-12H,5-6,8-10,16H2;1H. The Hall–Kier alpha value is -1.21. The Balaban J connectivity index is 0.00000176. The number of rotatable bonds is 3. The van der Waals surface area contributed by atoms with Crippen LogP contribution in [0.3, 0.4) is 0 Å². The molecule has 2 N–H and O–H groups in total. The Morgan fingerprint density at radius 3 is 2.64 bits per heavy atom. The molecule has 0 aliphatic carbocycles. The SMILES string of the molecule is Cl.NCC1CCN(S(=O)(=O)c2cccc3cnccc23)CC1. The summed E-state index contributed by atoms with van der Waals surface area (Å²) in [4.78, 5) is 4.42. The number of piperidine rings is 1. The summed E-state index contributed by atoms with van der Waals surface area (Å²) in [5, 5.41) is 1.57. The molecule has 22 heavy (non-hydrogen) atoms. The Labute approximate surface area is 137 Å². The molecule has 1 aromatic carbocycles. The van der Waals surface area contributed by atoms with E-state index in [9.17, 15) is 8.42 Å². The monoisotopic (exact) mass is 341 g/mol. The topological polar surface area (TPSA) is 76.3 Å². The summed E-state index contributed by atoms with van der Waals surface area (Å²) in [5.74, 6) is 0.438. The molecule has 0 bridgehead atoms. The maximum atomic E-state index is 12.9. The van der Waals surface area contributed by atoms with Gasteiger partial charge in [-0.3, -0.25) is 4.98 Å². The van der Waals surface area contributed by atoms with Crippen molar-refractivity contribution < 1.29 is 8.42 Å². The number of halogens is 1. The van der Waals surface area contributed by atoms with Crippen molar-refractivity contribution >= 4 is 33.2 Å². The van der Waals surface area contributed by atoms with Crippen LogP contribution in [0.2, 0.25) is 0 Å². The first-order valence-corrected chi connectivity index (χ1v) is 8.60. The molecule has 1 saturated heterocycles. The summed E-state index contributed by atoms with van der Waals surface area (Å²) < 4.78 is 27.3. The minimum Gasteiger partial charge on any atom is -0.330 e. The van der Waals surface area contributed by atoms with Crippen molar-refractivity contribution in [2.24, 2.45) is 11.7 Å². The Bertz CT molecular complexity index is 738. The maximum Gasteiger partial charge on any atom is 0.243 e.